The van der Waals surface area contributed by atoms with Crippen molar-refractivity contribution in [1.29, 1.82) is 0 Å². The van der Waals surface area contributed by atoms with Crippen LogP contribution in [-0.4, -0.2) is 21.2 Å². The van der Waals surface area contributed by atoms with Crippen LogP contribution in [0.15, 0.2) is 47.6 Å². The third-order valence-corrected chi connectivity index (χ3v) is 2.64. The molecule has 0 heterocycles. The first kappa shape index (κ1) is 14.9. The van der Waals surface area contributed by atoms with E-state index in [-0.39, 0.29) is 11.5 Å². The summed E-state index contributed by atoms with van der Waals surface area (Å²) in [5, 5.41) is 34.8. The maximum atomic E-state index is 11.0. The highest BCUT2D eigenvalue weighted by Crippen LogP contribution is 2.36. The minimum atomic E-state index is -0.914. The van der Waals surface area contributed by atoms with Gasteiger partial charge in [-0.1, -0.05) is 23.4 Å². The molecule has 0 bridgehead atoms. The standard InChI is InChI=1S/C13H9N3O6/c17-11-6-2-1-4-9(11)8-14-22-12-7-3-5-10(15(18)19)13(12)16(20)21/h1-8,17H. The number of hydrogen-bond acceptors (Lipinski definition) is 7. The van der Waals surface area contributed by atoms with Crippen LogP contribution in [0.25, 0.3) is 0 Å². The van der Waals surface area contributed by atoms with Gasteiger partial charge in [-0.05, 0) is 18.2 Å². The van der Waals surface area contributed by atoms with Crippen molar-refractivity contribution in [3.63, 3.8) is 0 Å². The van der Waals surface area contributed by atoms with Gasteiger partial charge in [-0.2, -0.15) is 0 Å². The Kier molecular flexibility index (Phi) is 4.27. The molecule has 2 rings (SSSR count). The van der Waals surface area contributed by atoms with Crippen molar-refractivity contribution in [1.82, 2.24) is 0 Å². The number of aromatic hydroxyl groups is 1. The molecule has 9 heteroatoms. The zero-order valence-electron chi connectivity index (χ0n) is 10.9. The number of rotatable bonds is 5. The number of nitro groups is 2. The van der Waals surface area contributed by atoms with E-state index >= 15 is 0 Å². The number of nitrogens with zero attached hydrogens (tertiary/aromatic N) is 3. The number of benzene rings is 2. The van der Waals surface area contributed by atoms with Crippen LogP contribution in [0.4, 0.5) is 11.4 Å². The minimum Gasteiger partial charge on any atom is -0.507 e. The van der Waals surface area contributed by atoms with Gasteiger partial charge in [0.1, 0.15) is 5.75 Å². The van der Waals surface area contributed by atoms with Crippen molar-refractivity contribution in [3.05, 3.63) is 68.3 Å². The molecule has 112 valence electrons. The van der Waals surface area contributed by atoms with Gasteiger partial charge in [0.15, 0.2) is 0 Å². The van der Waals surface area contributed by atoms with Crippen LogP contribution < -0.4 is 4.84 Å². The number of hydrogen-bond donors (Lipinski definition) is 1. The van der Waals surface area contributed by atoms with Gasteiger partial charge in [-0.3, -0.25) is 20.2 Å². The maximum absolute atomic E-state index is 11.0. The average molecular weight is 303 g/mol. The normalized spacial score (nSPS) is 10.5. The van der Waals surface area contributed by atoms with Crippen molar-refractivity contribution in [3.8, 4) is 11.5 Å². The molecule has 0 amide bonds. The topological polar surface area (TPSA) is 128 Å². The van der Waals surface area contributed by atoms with Crippen LogP contribution in [0, 0.1) is 20.2 Å². The predicted octanol–water partition coefficient (Wildman–Crippen LogP) is 2.62. The molecule has 0 fully saturated rings. The van der Waals surface area contributed by atoms with E-state index in [1.807, 2.05) is 0 Å². The number of nitro benzene ring substituents is 2. The smallest absolute Gasteiger partial charge is 0.390 e. The summed E-state index contributed by atoms with van der Waals surface area (Å²) in [5.74, 6) is -0.422. The van der Waals surface area contributed by atoms with Gasteiger partial charge in [0.25, 0.3) is 0 Å². The number of phenolic OH excluding ortho intramolecular Hbond substituents is 1. The molecule has 9 nitrogen and oxygen atoms in total. The summed E-state index contributed by atoms with van der Waals surface area (Å²) in [6.45, 7) is 0. The van der Waals surface area contributed by atoms with Crippen LogP contribution in [0.2, 0.25) is 0 Å². The molecule has 0 aliphatic rings. The minimum absolute atomic E-state index is 0.0524. The summed E-state index contributed by atoms with van der Waals surface area (Å²) >= 11 is 0. The lowest BCUT2D eigenvalue weighted by atomic mass is 10.2. The first-order valence-electron chi connectivity index (χ1n) is 5.91. The number of para-hydroxylation sites is 2. The van der Waals surface area contributed by atoms with Crippen molar-refractivity contribution < 1.29 is 19.8 Å². The van der Waals surface area contributed by atoms with Crippen molar-refractivity contribution >= 4 is 17.6 Å². The predicted molar refractivity (Wildman–Crippen MR) is 76.1 cm³/mol. The first-order chi connectivity index (χ1) is 10.5. The lowest BCUT2D eigenvalue weighted by Gasteiger charge is -2.01. The maximum Gasteiger partial charge on any atom is 0.390 e. The van der Waals surface area contributed by atoms with Crippen LogP contribution in [0.1, 0.15) is 5.56 Å². The molecule has 0 saturated carbocycles. The molecule has 0 unspecified atom stereocenters. The monoisotopic (exact) mass is 303 g/mol. The van der Waals surface area contributed by atoms with Gasteiger partial charge in [0.05, 0.1) is 16.1 Å². The lowest BCUT2D eigenvalue weighted by Crippen LogP contribution is -1.99. The molecule has 0 aromatic heterocycles. The number of oxime groups is 1. The Morgan fingerprint density at radius 1 is 1.05 bits per heavy atom. The molecule has 22 heavy (non-hydrogen) atoms. The molecule has 0 saturated heterocycles. The molecular weight excluding hydrogens is 294 g/mol. The molecule has 2 aromatic carbocycles. The summed E-state index contributed by atoms with van der Waals surface area (Å²) in [7, 11) is 0. The molecule has 0 aliphatic carbocycles. The summed E-state index contributed by atoms with van der Waals surface area (Å²) in [6, 6.07) is 9.66. The zero-order chi connectivity index (χ0) is 16.1. The molecule has 0 aliphatic heterocycles. The zero-order valence-corrected chi connectivity index (χ0v) is 10.9. The van der Waals surface area contributed by atoms with Crippen molar-refractivity contribution in [2.45, 2.75) is 0 Å². The van der Waals surface area contributed by atoms with Gasteiger partial charge in [-0.25, -0.2) is 0 Å². The fourth-order valence-electron chi connectivity index (χ4n) is 1.65. The summed E-state index contributed by atoms with van der Waals surface area (Å²) < 4.78 is 0. The van der Waals surface area contributed by atoms with Gasteiger partial charge in [-0.15, -0.1) is 0 Å². The second kappa shape index (κ2) is 6.31. The van der Waals surface area contributed by atoms with Crippen molar-refractivity contribution in [2.24, 2.45) is 5.16 Å². The summed E-state index contributed by atoms with van der Waals surface area (Å²) in [5.41, 5.74) is -1.15. The summed E-state index contributed by atoms with van der Waals surface area (Å²) in [4.78, 5) is 24.8. The first-order valence-corrected chi connectivity index (χ1v) is 5.91. The average Bonchev–Trinajstić information content (AvgIpc) is 2.48. The van der Waals surface area contributed by atoms with E-state index in [9.17, 15) is 25.3 Å². The van der Waals surface area contributed by atoms with E-state index in [2.05, 4.69) is 5.16 Å². The Labute approximate surface area is 123 Å². The van der Waals surface area contributed by atoms with Crippen molar-refractivity contribution in [2.75, 3.05) is 0 Å². The van der Waals surface area contributed by atoms with Gasteiger partial charge >= 0.3 is 11.4 Å². The second-order valence-corrected chi connectivity index (χ2v) is 4.02. The molecular formula is C13H9N3O6. The van der Waals surface area contributed by atoms with E-state index in [1.54, 1.807) is 18.2 Å². The van der Waals surface area contributed by atoms with Gasteiger partial charge in [0.2, 0.25) is 5.75 Å². The van der Waals surface area contributed by atoms with Crippen LogP contribution in [0.5, 0.6) is 11.5 Å². The largest absolute Gasteiger partial charge is 0.507 e. The fraction of sp³-hybridized carbons (Fsp3) is 0. The number of phenols is 1. The highest BCUT2D eigenvalue weighted by Gasteiger charge is 2.29. The van der Waals surface area contributed by atoms with E-state index in [0.717, 1.165) is 12.3 Å². The third kappa shape index (κ3) is 3.15. The molecule has 0 radical (unpaired) electrons. The molecule has 0 atom stereocenters. The van der Waals surface area contributed by atoms with Crippen LogP contribution >= 0.6 is 0 Å². The highest BCUT2D eigenvalue weighted by atomic mass is 16.7. The summed E-state index contributed by atoms with van der Waals surface area (Å²) in [6.07, 6.45) is 1.14. The van der Waals surface area contributed by atoms with Crippen LogP contribution in [0.3, 0.4) is 0 Å². The molecule has 0 spiro atoms. The van der Waals surface area contributed by atoms with Gasteiger partial charge < -0.3 is 9.94 Å². The third-order valence-electron chi connectivity index (χ3n) is 2.64. The Morgan fingerprint density at radius 3 is 2.41 bits per heavy atom. The SMILES string of the molecule is O=[N+]([O-])c1cccc(ON=Cc2ccccc2O)c1[N+](=O)[O-]. The van der Waals surface area contributed by atoms with Crippen LogP contribution in [-0.2, 0) is 0 Å². The van der Waals surface area contributed by atoms with E-state index in [1.165, 1.54) is 18.2 Å². The van der Waals surface area contributed by atoms with E-state index < -0.39 is 21.2 Å². The van der Waals surface area contributed by atoms with E-state index in [0.29, 0.717) is 5.56 Å². The fourth-order valence-corrected chi connectivity index (χ4v) is 1.65. The molecule has 2 aromatic rings. The lowest BCUT2D eigenvalue weighted by molar-refractivity contribution is -0.423. The Bertz CT molecular complexity index is 759. The highest BCUT2D eigenvalue weighted by molar-refractivity contribution is 5.82. The Morgan fingerprint density at radius 2 is 1.77 bits per heavy atom. The Balaban J connectivity index is 2.30. The second-order valence-electron chi connectivity index (χ2n) is 4.02. The van der Waals surface area contributed by atoms with Gasteiger partial charge in [0, 0.05) is 11.6 Å². The Hall–Kier alpha value is -3.49. The van der Waals surface area contributed by atoms with E-state index in [4.69, 9.17) is 4.84 Å². The molecule has 1 N–H and O–H groups in total. The quantitative estimate of drug-likeness (QED) is 0.513.